The number of rotatable bonds is 73. The largest absolute Gasteiger partial charge is 0.466 e. The van der Waals surface area contributed by atoms with Crippen molar-refractivity contribution in [3.63, 3.8) is 0 Å². The van der Waals surface area contributed by atoms with Crippen molar-refractivity contribution in [1.82, 2.24) is 5.32 Å². The molecule has 0 bridgehead atoms. The van der Waals surface area contributed by atoms with Crippen LogP contribution in [0.4, 0.5) is 0 Å². The first-order chi connectivity index (χ1) is 41.5. The average Bonchev–Trinajstić information content (AvgIpc) is 3.51. The number of ether oxygens (including phenoxy) is 1. The summed E-state index contributed by atoms with van der Waals surface area (Å²) in [4.78, 5) is 24.7. The third-order valence-electron chi connectivity index (χ3n) is 18.2. The minimum Gasteiger partial charge on any atom is -0.466 e. The lowest BCUT2D eigenvalue weighted by atomic mass is 10.0. The van der Waals surface area contributed by atoms with Gasteiger partial charge in [0.25, 0.3) is 0 Å². The minimum absolute atomic E-state index is 0.0184. The summed E-state index contributed by atoms with van der Waals surface area (Å²) in [6, 6.07) is -0.627. The Morgan fingerprint density at radius 2 is 0.560 bits per heavy atom. The fourth-order valence-electron chi connectivity index (χ4n) is 12.3. The number of esters is 1. The molecule has 498 valence electrons. The van der Waals surface area contributed by atoms with Gasteiger partial charge in [-0.3, -0.25) is 9.59 Å². The molecule has 6 nitrogen and oxygen atoms in total. The Hall–Kier alpha value is -1.66. The summed E-state index contributed by atoms with van der Waals surface area (Å²) in [7, 11) is 0. The first kappa shape index (κ1) is 82.3. The summed E-state index contributed by atoms with van der Waals surface area (Å²) in [5.74, 6) is -0.0422. The van der Waals surface area contributed by atoms with Crippen LogP contribution in [0, 0.1) is 0 Å². The van der Waals surface area contributed by atoms with E-state index in [2.05, 4.69) is 31.3 Å². The molecule has 0 aromatic carbocycles. The van der Waals surface area contributed by atoms with Gasteiger partial charge in [-0.2, -0.15) is 0 Å². The van der Waals surface area contributed by atoms with Gasteiger partial charge in [0.15, 0.2) is 0 Å². The van der Waals surface area contributed by atoms with Crippen molar-refractivity contribution in [3.05, 3.63) is 24.3 Å². The number of allylic oxidation sites excluding steroid dienone is 3. The van der Waals surface area contributed by atoms with Crippen LogP contribution >= 0.6 is 0 Å². The highest BCUT2D eigenvalue weighted by Gasteiger charge is 2.18. The highest BCUT2D eigenvalue weighted by Crippen LogP contribution is 2.20. The molecule has 0 aliphatic heterocycles. The Morgan fingerprint density at radius 3 is 0.845 bits per heavy atom. The molecule has 0 aliphatic carbocycles. The molecule has 0 heterocycles. The van der Waals surface area contributed by atoms with Gasteiger partial charge in [-0.1, -0.05) is 391 Å². The first-order valence-electron chi connectivity index (χ1n) is 38.6. The van der Waals surface area contributed by atoms with Gasteiger partial charge in [0.1, 0.15) is 0 Å². The molecule has 0 aromatic heterocycles. The molecule has 0 aromatic rings. The predicted molar refractivity (Wildman–Crippen MR) is 370 cm³/mol. The van der Waals surface area contributed by atoms with Crippen LogP contribution in [-0.2, 0) is 14.3 Å². The maximum absolute atomic E-state index is 12.5. The van der Waals surface area contributed by atoms with Gasteiger partial charge >= 0.3 is 5.97 Å². The van der Waals surface area contributed by atoms with Gasteiger partial charge in [-0.15, -0.1) is 0 Å². The van der Waals surface area contributed by atoms with Gasteiger partial charge in [0.2, 0.25) is 5.91 Å². The highest BCUT2D eigenvalue weighted by molar-refractivity contribution is 5.76. The maximum Gasteiger partial charge on any atom is 0.305 e. The Balaban J connectivity index is 3.36. The van der Waals surface area contributed by atoms with Gasteiger partial charge in [0, 0.05) is 12.8 Å². The molecule has 3 N–H and O–H groups in total. The molecule has 1 amide bonds. The summed E-state index contributed by atoms with van der Waals surface area (Å²) >= 11 is 0. The monoisotopic (exact) mass is 1180 g/mol. The van der Waals surface area contributed by atoms with Crippen LogP contribution in [0.3, 0.4) is 0 Å². The molecule has 84 heavy (non-hydrogen) atoms. The fraction of sp³-hybridized carbons (Fsp3) is 0.923. The number of aliphatic hydroxyl groups is 2. The van der Waals surface area contributed by atoms with Crippen molar-refractivity contribution >= 4 is 11.9 Å². The van der Waals surface area contributed by atoms with Crippen molar-refractivity contribution in [3.8, 4) is 0 Å². The zero-order chi connectivity index (χ0) is 60.6. The number of amides is 1. The maximum atomic E-state index is 12.5. The standard InChI is InChI=1S/C78H151NO5/c1-3-5-7-9-11-13-15-17-19-21-23-31-35-38-42-46-50-54-58-62-66-70-76(81)75(74-80)79-77(82)71-67-63-59-55-51-47-43-39-36-32-29-27-25-24-26-28-30-33-37-41-45-49-53-57-61-65-69-73-84-78(83)72-68-64-60-56-52-48-44-40-34-22-20-18-16-14-12-10-8-6-4-2/h18,20,66,70,75-76,80-81H,3-17,19,21-65,67-69,71-74H2,1-2H3,(H,79,82)/b20-18-,70-66+. The minimum atomic E-state index is -0.844. The average molecular weight is 1180 g/mol. The quantitative estimate of drug-likeness (QED) is 0.0320. The van der Waals surface area contributed by atoms with Crippen LogP contribution in [0.5, 0.6) is 0 Å². The number of hydrogen-bond acceptors (Lipinski definition) is 5. The molecule has 0 radical (unpaired) electrons. The lowest BCUT2D eigenvalue weighted by molar-refractivity contribution is -0.143. The van der Waals surface area contributed by atoms with Crippen LogP contribution < -0.4 is 5.32 Å². The molecular formula is C78H151NO5. The smallest absolute Gasteiger partial charge is 0.305 e. The second kappa shape index (κ2) is 73.8. The second-order valence-corrected chi connectivity index (χ2v) is 26.7. The third kappa shape index (κ3) is 69.4. The third-order valence-corrected chi connectivity index (χ3v) is 18.2. The number of carbonyl (C=O) groups is 2. The van der Waals surface area contributed by atoms with E-state index in [0.717, 1.165) is 38.5 Å². The molecule has 2 unspecified atom stereocenters. The molecule has 0 aliphatic rings. The van der Waals surface area contributed by atoms with E-state index in [-0.39, 0.29) is 18.5 Å². The van der Waals surface area contributed by atoms with E-state index in [9.17, 15) is 19.8 Å². The molecule has 6 heteroatoms. The SMILES string of the molecule is CCCCCCCC/C=C\CCCCCCCCCCCC(=O)OCCCCCCCCCCCCCCCCCCCCCCCCCCCCCC(=O)NC(CO)C(O)/C=C/CCCCCCCCCCCCCCCCCCCCC. The van der Waals surface area contributed by atoms with Crippen molar-refractivity contribution in [2.45, 2.75) is 450 Å². The normalized spacial score (nSPS) is 12.6. The lowest BCUT2D eigenvalue weighted by Gasteiger charge is -2.20. The number of aliphatic hydroxyl groups excluding tert-OH is 2. The molecule has 0 rings (SSSR count). The Labute approximate surface area is 526 Å². The molecule has 2 atom stereocenters. The van der Waals surface area contributed by atoms with Crippen LogP contribution in [0.2, 0.25) is 0 Å². The number of nitrogens with one attached hydrogen (secondary N) is 1. The summed E-state index contributed by atoms with van der Waals surface area (Å²) in [5.41, 5.74) is 0. The second-order valence-electron chi connectivity index (χ2n) is 26.7. The van der Waals surface area contributed by atoms with Gasteiger partial charge in [0.05, 0.1) is 25.4 Å². The van der Waals surface area contributed by atoms with E-state index >= 15 is 0 Å². The molecule has 0 spiro atoms. The molecular weight excluding hydrogens is 1030 g/mol. The fourth-order valence-corrected chi connectivity index (χ4v) is 12.3. The van der Waals surface area contributed by atoms with E-state index in [1.165, 1.54) is 372 Å². The van der Waals surface area contributed by atoms with Crippen molar-refractivity contribution in [2.75, 3.05) is 13.2 Å². The Bertz CT molecular complexity index is 1320. The van der Waals surface area contributed by atoms with Crippen LogP contribution in [-0.4, -0.2) is 47.4 Å². The summed E-state index contributed by atoms with van der Waals surface area (Å²) in [5, 5.41) is 23.3. The number of carbonyl (C=O) groups excluding carboxylic acids is 2. The summed E-state index contributed by atoms with van der Waals surface area (Å²) in [6.07, 6.45) is 94.3. The van der Waals surface area contributed by atoms with E-state index in [1.807, 2.05) is 6.08 Å². The summed E-state index contributed by atoms with van der Waals surface area (Å²) in [6.45, 7) is 4.95. The zero-order valence-corrected chi connectivity index (χ0v) is 57.2. The van der Waals surface area contributed by atoms with E-state index in [0.29, 0.717) is 19.4 Å². The van der Waals surface area contributed by atoms with Crippen LogP contribution in [0.1, 0.15) is 438 Å². The van der Waals surface area contributed by atoms with E-state index < -0.39 is 12.1 Å². The molecule has 0 saturated carbocycles. The summed E-state index contributed by atoms with van der Waals surface area (Å²) < 4.78 is 5.52. The molecule has 0 fully saturated rings. The van der Waals surface area contributed by atoms with Crippen molar-refractivity contribution in [2.24, 2.45) is 0 Å². The number of hydrogen-bond donors (Lipinski definition) is 3. The van der Waals surface area contributed by atoms with Gasteiger partial charge in [-0.25, -0.2) is 0 Å². The lowest BCUT2D eigenvalue weighted by Crippen LogP contribution is -2.45. The Kier molecular flexibility index (Phi) is 72.3. The first-order valence-corrected chi connectivity index (χ1v) is 38.6. The highest BCUT2D eigenvalue weighted by atomic mass is 16.5. The van der Waals surface area contributed by atoms with Crippen LogP contribution in [0.25, 0.3) is 0 Å². The van der Waals surface area contributed by atoms with Gasteiger partial charge in [-0.05, 0) is 57.8 Å². The zero-order valence-electron chi connectivity index (χ0n) is 57.2. The predicted octanol–water partition coefficient (Wildman–Crippen LogP) is 25.3. The van der Waals surface area contributed by atoms with Crippen molar-refractivity contribution in [1.29, 1.82) is 0 Å². The van der Waals surface area contributed by atoms with Gasteiger partial charge < -0.3 is 20.3 Å². The topological polar surface area (TPSA) is 95.9 Å². The van der Waals surface area contributed by atoms with E-state index in [1.54, 1.807) is 6.08 Å². The molecule has 0 saturated heterocycles. The van der Waals surface area contributed by atoms with E-state index in [4.69, 9.17) is 4.74 Å². The Morgan fingerprint density at radius 1 is 0.321 bits per heavy atom. The van der Waals surface area contributed by atoms with Crippen LogP contribution in [0.15, 0.2) is 24.3 Å². The number of unbranched alkanes of at least 4 members (excludes halogenated alkanes) is 60. The van der Waals surface area contributed by atoms with Crippen molar-refractivity contribution < 1.29 is 24.5 Å².